The number of nitrogens with one attached hydrogen (secondary N) is 2. The number of carbonyl (C=O) groups is 2. The van der Waals surface area contributed by atoms with Crippen LogP contribution < -0.4 is 20.0 Å². The first-order chi connectivity index (χ1) is 17.4. The monoisotopic (exact) mass is 560 g/mol. The summed E-state index contributed by atoms with van der Waals surface area (Å²) in [7, 11) is -9.74. The highest BCUT2D eigenvalue weighted by molar-refractivity contribution is 8.09. The zero-order chi connectivity index (χ0) is 27.0. The van der Waals surface area contributed by atoms with Crippen molar-refractivity contribution in [2.75, 3.05) is 14.5 Å². The standard InChI is InChI=1S/C23H20N4O7S3/c1-15(28)24-17-7-11-19(12-8-17)36(31,32)27(26-23(30)21-5-3-4-6-22(21)35-26)37(33,34)20-13-9-18(10-14-20)25-16(2)29/h3-14H,1-2H3,(H,24,28)(H,25,29). The van der Waals surface area contributed by atoms with Crippen LogP contribution in [0.2, 0.25) is 0 Å². The maximum Gasteiger partial charge on any atom is 0.292 e. The molecule has 2 amide bonds. The van der Waals surface area contributed by atoms with Gasteiger partial charge in [0.05, 0.1) is 19.9 Å². The minimum Gasteiger partial charge on any atom is -0.326 e. The Morgan fingerprint density at radius 3 is 1.57 bits per heavy atom. The lowest BCUT2D eigenvalue weighted by molar-refractivity contribution is -0.115. The minimum absolute atomic E-state index is 0.0633. The Hall–Kier alpha value is -4.01. The van der Waals surface area contributed by atoms with Crippen molar-refractivity contribution in [2.45, 2.75) is 23.6 Å². The SMILES string of the molecule is CC(=O)Nc1ccc(S(=O)(=O)N(n2sc3ccccc3c2=O)S(=O)(=O)c2ccc(NC(C)=O)cc2)cc1. The molecular formula is C23H20N4O7S3. The molecule has 11 nitrogen and oxygen atoms in total. The quantitative estimate of drug-likeness (QED) is 0.353. The van der Waals surface area contributed by atoms with Crippen LogP contribution in [0.3, 0.4) is 0 Å². The molecule has 0 saturated carbocycles. The first-order valence-electron chi connectivity index (χ1n) is 10.6. The van der Waals surface area contributed by atoms with E-state index in [0.717, 1.165) is 24.3 Å². The summed E-state index contributed by atoms with van der Waals surface area (Å²) in [6.07, 6.45) is 0. The molecule has 4 aromatic rings. The molecule has 0 atom stereocenters. The normalized spacial score (nSPS) is 11.7. The van der Waals surface area contributed by atoms with Crippen LogP contribution in [0.4, 0.5) is 11.4 Å². The van der Waals surface area contributed by atoms with Gasteiger partial charge in [0.15, 0.2) is 0 Å². The maximum absolute atomic E-state index is 13.8. The van der Waals surface area contributed by atoms with E-state index in [-0.39, 0.29) is 21.0 Å². The highest BCUT2D eigenvalue weighted by Gasteiger charge is 2.39. The second-order valence-electron chi connectivity index (χ2n) is 7.76. The Labute approximate surface area is 216 Å². The number of fused-ring (bicyclic) bond motifs is 1. The van der Waals surface area contributed by atoms with Gasteiger partial charge < -0.3 is 10.6 Å². The van der Waals surface area contributed by atoms with Crippen molar-refractivity contribution in [3.05, 3.63) is 83.2 Å². The van der Waals surface area contributed by atoms with Gasteiger partial charge in [0.1, 0.15) is 0 Å². The van der Waals surface area contributed by atoms with E-state index in [1.54, 1.807) is 18.2 Å². The molecule has 4 rings (SSSR count). The second-order valence-corrected chi connectivity index (χ2v) is 12.5. The van der Waals surface area contributed by atoms with E-state index in [1.165, 1.54) is 44.2 Å². The van der Waals surface area contributed by atoms with Crippen molar-refractivity contribution < 1.29 is 26.4 Å². The van der Waals surface area contributed by atoms with Crippen LogP contribution in [-0.2, 0) is 29.6 Å². The summed E-state index contributed by atoms with van der Waals surface area (Å²) < 4.78 is 56.1. The Morgan fingerprint density at radius 2 is 1.16 bits per heavy atom. The fraction of sp³-hybridized carbons (Fsp3) is 0.0870. The van der Waals surface area contributed by atoms with Crippen LogP contribution >= 0.6 is 11.5 Å². The molecule has 0 aliphatic carbocycles. The summed E-state index contributed by atoms with van der Waals surface area (Å²) in [6, 6.07) is 16.0. The predicted octanol–water partition coefficient (Wildman–Crippen LogP) is 2.70. The van der Waals surface area contributed by atoms with Gasteiger partial charge in [-0.15, -0.1) is 4.07 Å². The molecule has 0 aliphatic rings. The van der Waals surface area contributed by atoms with Crippen LogP contribution in [0.15, 0.2) is 87.4 Å². The molecule has 0 fully saturated rings. The number of hydrogen-bond donors (Lipinski definition) is 2. The van der Waals surface area contributed by atoms with Crippen LogP contribution in [0, 0.1) is 0 Å². The number of sulfonamides is 2. The molecule has 37 heavy (non-hydrogen) atoms. The van der Waals surface area contributed by atoms with E-state index in [9.17, 15) is 31.2 Å². The van der Waals surface area contributed by atoms with Gasteiger partial charge in [0.25, 0.3) is 25.6 Å². The van der Waals surface area contributed by atoms with Crippen LogP contribution in [0.1, 0.15) is 13.8 Å². The van der Waals surface area contributed by atoms with Gasteiger partial charge in [-0.25, -0.2) is 0 Å². The van der Waals surface area contributed by atoms with Gasteiger partial charge in [0.2, 0.25) is 11.8 Å². The average molecular weight is 561 g/mol. The molecule has 192 valence electrons. The molecule has 3 aromatic carbocycles. The van der Waals surface area contributed by atoms with Crippen molar-refractivity contribution in [2.24, 2.45) is 0 Å². The fourth-order valence-electron chi connectivity index (χ4n) is 3.40. The number of amides is 2. The van der Waals surface area contributed by atoms with E-state index in [4.69, 9.17) is 0 Å². The molecule has 2 N–H and O–H groups in total. The molecule has 1 heterocycles. The third-order valence-electron chi connectivity index (χ3n) is 4.98. The van der Waals surface area contributed by atoms with Gasteiger partial charge in [-0.3, -0.25) is 14.4 Å². The van der Waals surface area contributed by atoms with Crippen LogP contribution in [0.5, 0.6) is 0 Å². The number of benzene rings is 3. The molecule has 0 unspecified atom stereocenters. The van der Waals surface area contributed by atoms with Crippen molar-refractivity contribution in [3.63, 3.8) is 0 Å². The molecular weight excluding hydrogens is 540 g/mol. The minimum atomic E-state index is -4.87. The molecule has 0 spiro atoms. The summed E-state index contributed by atoms with van der Waals surface area (Å²) in [6.45, 7) is 2.56. The first-order valence-corrected chi connectivity index (χ1v) is 14.2. The van der Waals surface area contributed by atoms with Crippen LogP contribution in [0.25, 0.3) is 10.1 Å². The smallest absolute Gasteiger partial charge is 0.292 e. The van der Waals surface area contributed by atoms with Gasteiger partial charge in [-0.2, -0.15) is 16.8 Å². The number of anilines is 2. The number of aromatic nitrogens is 1. The van der Waals surface area contributed by atoms with E-state index in [0.29, 0.717) is 31.7 Å². The highest BCUT2D eigenvalue weighted by atomic mass is 32.3. The number of hydrogen-bond acceptors (Lipinski definition) is 8. The lowest BCUT2D eigenvalue weighted by Crippen LogP contribution is -2.48. The summed E-state index contributed by atoms with van der Waals surface area (Å²) in [4.78, 5) is 34.9. The highest BCUT2D eigenvalue weighted by Crippen LogP contribution is 2.27. The molecule has 0 saturated heterocycles. The van der Waals surface area contributed by atoms with Crippen LogP contribution in [-0.4, -0.2) is 32.7 Å². The summed E-state index contributed by atoms with van der Waals surface area (Å²) in [5, 5.41) is 5.14. The molecule has 0 aliphatic heterocycles. The average Bonchev–Trinajstić information content (AvgIpc) is 3.14. The topological polar surface area (TPSA) is 152 Å². The third-order valence-corrected chi connectivity index (χ3v) is 10.3. The van der Waals surface area contributed by atoms with E-state index in [1.807, 2.05) is 0 Å². The number of carbonyl (C=O) groups excluding carboxylic acids is 2. The van der Waals surface area contributed by atoms with Crippen molar-refractivity contribution in [1.82, 2.24) is 4.07 Å². The zero-order valence-corrected chi connectivity index (χ0v) is 21.9. The van der Waals surface area contributed by atoms with E-state index >= 15 is 0 Å². The van der Waals surface area contributed by atoms with Gasteiger partial charge in [0, 0.05) is 25.2 Å². The summed E-state index contributed by atoms with van der Waals surface area (Å²) >= 11 is 0.656. The van der Waals surface area contributed by atoms with E-state index in [2.05, 4.69) is 10.6 Å². The predicted molar refractivity (Wildman–Crippen MR) is 140 cm³/mol. The second kappa shape index (κ2) is 9.80. The molecule has 1 aromatic heterocycles. The lowest BCUT2D eigenvalue weighted by Gasteiger charge is -2.23. The lowest BCUT2D eigenvalue weighted by atomic mass is 10.3. The van der Waals surface area contributed by atoms with Gasteiger partial charge >= 0.3 is 0 Å². The van der Waals surface area contributed by atoms with Crippen molar-refractivity contribution >= 4 is 64.9 Å². The summed E-state index contributed by atoms with van der Waals surface area (Å²) in [5.74, 6) is -0.751. The molecule has 0 bridgehead atoms. The summed E-state index contributed by atoms with van der Waals surface area (Å²) in [5.41, 5.74) is -0.237. The van der Waals surface area contributed by atoms with E-state index < -0.39 is 35.4 Å². The maximum atomic E-state index is 13.8. The molecule has 14 heteroatoms. The van der Waals surface area contributed by atoms with Crippen molar-refractivity contribution in [3.8, 4) is 0 Å². The Bertz CT molecular complexity index is 1690. The van der Waals surface area contributed by atoms with Crippen molar-refractivity contribution in [1.29, 1.82) is 0 Å². The first kappa shape index (κ1) is 26.1. The Kier molecular flexibility index (Phi) is 6.90. The largest absolute Gasteiger partial charge is 0.326 e. The Morgan fingerprint density at radius 1 is 0.730 bits per heavy atom. The zero-order valence-electron chi connectivity index (χ0n) is 19.4. The third kappa shape index (κ3) is 5.12. The van der Waals surface area contributed by atoms with Gasteiger partial charge in [-0.05, 0) is 72.2 Å². The Balaban J connectivity index is 1.91. The number of nitrogens with zero attached hydrogens (tertiary/aromatic N) is 2. The number of rotatable bonds is 7. The van der Waals surface area contributed by atoms with Gasteiger partial charge in [-0.1, -0.05) is 16.0 Å². The molecule has 0 radical (unpaired) electrons. The fourth-order valence-corrected chi connectivity index (χ4v) is 8.36.